The van der Waals surface area contributed by atoms with E-state index in [0.29, 0.717) is 0 Å². The van der Waals surface area contributed by atoms with E-state index in [0.717, 1.165) is 91.0 Å². The monoisotopic (exact) mass is 699 g/mol. The summed E-state index contributed by atoms with van der Waals surface area (Å²) in [7, 11) is 24.5. The highest BCUT2D eigenvalue weighted by Crippen LogP contribution is 2.16. The molecule has 0 saturated heterocycles. The van der Waals surface area contributed by atoms with Gasteiger partial charge in [-0.1, -0.05) is 20.3 Å². The zero-order chi connectivity index (χ0) is 37.0. The molecular weight excluding hydrogens is 608 g/mol. The molecule has 0 spiro atoms. The van der Waals surface area contributed by atoms with Crippen LogP contribution in [-0.2, 0) is 0 Å². The van der Waals surface area contributed by atoms with E-state index in [1.807, 2.05) is 0 Å². The van der Waals surface area contributed by atoms with Crippen molar-refractivity contribution in [1.29, 1.82) is 0 Å². The normalized spacial score (nSPS) is 13.0. The Kier molecular flexibility index (Phi) is 30.9. The summed E-state index contributed by atoms with van der Waals surface area (Å²) in [5.41, 5.74) is 0. The molecule has 0 saturated carbocycles. The van der Waals surface area contributed by atoms with Crippen molar-refractivity contribution in [2.75, 3.05) is 202 Å². The lowest BCUT2D eigenvalue weighted by atomic mass is 9.96. The van der Waals surface area contributed by atoms with Crippen molar-refractivity contribution in [2.24, 2.45) is 5.92 Å². The van der Waals surface area contributed by atoms with Crippen LogP contribution in [0, 0.1) is 5.92 Å². The molecule has 0 rings (SSSR count). The maximum atomic E-state index is 2.81. The van der Waals surface area contributed by atoms with Gasteiger partial charge in [-0.05, 0) is 148 Å². The molecule has 0 amide bonds. The van der Waals surface area contributed by atoms with Gasteiger partial charge < -0.3 is 44.1 Å². The van der Waals surface area contributed by atoms with E-state index >= 15 is 0 Å². The molecule has 0 fully saturated rings. The van der Waals surface area contributed by atoms with E-state index in [1.54, 1.807) is 0 Å². The number of hydrogen-bond donors (Lipinski definition) is 0. The quantitative estimate of drug-likeness (QED) is 0.0986. The van der Waals surface area contributed by atoms with Crippen molar-refractivity contribution in [3.05, 3.63) is 0 Å². The van der Waals surface area contributed by atoms with E-state index in [9.17, 15) is 0 Å². The van der Waals surface area contributed by atoms with E-state index in [-0.39, 0.29) is 0 Å². The van der Waals surface area contributed by atoms with Crippen LogP contribution in [0.15, 0.2) is 0 Å². The van der Waals surface area contributed by atoms with Gasteiger partial charge in [-0.3, -0.25) is 4.90 Å². The molecule has 10 heteroatoms. The Bertz CT molecular complexity index is 695. The Hall–Kier alpha value is -0.400. The zero-order valence-corrected chi connectivity index (χ0v) is 35.7. The summed E-state index contributed by atoms with van der Waals surface area (Å²) in [5.74, 6) is 0.783. The van der Waals surface area contributed by atoms with Gasteiger partial charge in [0, 0.05) is 91.6 Å². The highest BCUT2D eigenvalue weighted by atomic mass is 15.3. The SMILES string of the molecule is CCCCN(C)CCN(CCC(CCN(C)C)CCN(C)C)CCN(CCN(C)CCN(C)C)CCN(C)CCN(CCC)CCN(C)C. The smallest absolute Gasteiger partial charge is 0.0110 e. The van der Waals surface area contributed by atoms with Gasteiger partial charge in [0.2, 0.25) is 0 Å². The van der Waals surface area contributed by atoms with Gasteiger partial charge in [0.05, 0.1) is 0 Å². The minimum Gasteiger partial charge on any atom is -0.309 e. The Balaban J connectivity index is 5.52. The molecule has 49 heavy (non-hydrogen) atoms. The first kappa shape index (κ1) is 48.6. The molecule has 0 heterocycles. The standard InChI is InChI=1S/C39H90N10/c1-14-16-21-44(11)28-34-48(24-19-39(17-22-40(3)4)18-23-41(5)6)37-38-49(35-30-45(12)27-25-42(7)8)36-31-46(13)29-33-47(20-15-2)32-26-43(9)10/h39H,14-38H2,1-13H3. The molecule has 10 nitrogen and oxygen atoms in total. The van der Waals surface area contributed by atoms with E-state index in [1.165, 1.54) is 77.8 Å². The Morgan fingerprint density at radius 3 is 1.00 bits per heavy atom. The molecule has 0 aromatic heterocycles. The summed E-state index contributed by atoms with van der Waals surface area (Å²) in [5, 5.41) is 0. The zero-order valence-electron chi connectivity index (χ0n) is 35.7. The lowest BCUT2D eigenvalue weighted by molar-refractivity contribution is 0.148. The van der Waals surface area contributed by atoms with Crippen LogP contribution in [0.1, 0.15) is 52.4 Å². The molecule has 0 unspecified atom stereocenters. The predicted molar refractivity (Wildman–Crippen MR) is 219 cm³/mol. The molecule has 0 aliphatic heterocycles. The number of nitrogens with zero attached hydrogens (tertiary/aromatic N) is 10. The molecule has 0 aromatic rings. The van der Waals surface area contributed by atoms with Crippen molar-refractivity contribution in [2.45, 2.75) is 52.4 Å². The first-order valence-electron chi connectivity index (χ1n) is 20.1. The molecule has 0 N–H and O–H groups in total. The minimum atomic E-state index is 0.783. The molecule has 0 bridgehead atoms. The van der Waals surface area contributed by atoms with Gasteiger partial charge in [0.25, 0.3) is 0 Å². The van der Waals surface area contributed by atoms with Crippen LogP contribution >= 0.6 is 0 Å². The lowest BCUT2D eigenvalue weighted by Crippen LogP contribution is -2.45. The van der Waals surface area contributed by atoms with Gasteiger partial charge in [0.15, 0.2) is 0 Å². The molecule has 0 radical (unpaired) electrons. The highest BCUT2D eigenvalue weighted by molar-refractivity contribution is 4.72. The number of unbranched alkanes of at least 4 members (excludes halogenated alkanes) is 1. The van der Waals surface area contributed by atoms with Crippen LogP contribution in [0.25, 0.3) is 0 Å². The van der Waals surface area contributed by atoms with Crippen molar-refractivity contribution in [1.82, 2.24) is 49.0 Å². The van der Waals surface area contributed by atoms with E-state index in [4.69, 9.17) is 0 Å². The van der Waals surface area contributed by atoms with Crippen LogP contribution in [0.4, 0.5) is 0 Å². The molecule has 0 aromatic carbocycles. The topological polar surface area (TPSA) is 32.4 Å². The maximum absolute atomic E-state index is 2.81. The third-order valence-corrected chi connectivity index (χ3v) is 9.97. The first-order valence-corrected chi connectivity index (χ1v) is 20.1. The summed E-state index contributed by atoms with van der Waals surface area (Å²) in [6.45, 7) is 26.6. The lowest BCUT2D eigenvalue weighted by Gasteiger charge is -2.32. The van der Waals surface area contributed by atoms with Crippen molar-refractivity contribution < 1.29 is 0 Å². The Morgan fingerprint density at radius 1 is 0.286 bits per heavy atom. The maximum Gasteiger partial charge on any atom is 0.0110 e. The molecule has 296 valence electrons. The second kappa shape index (κ2) is 31.2. The van der Waals surface area contributed by atoms with Crippen molar-refractivity contribution in [3.63, 3.8) is 0 Å². The van der Waals surface area contributed by atoms with Crippen molar-refractivity contribution >= 4 is 0 Å². The van der Waals surface area contributed by atoms with Gasteiger partial charge in [-0.2, -0.15) is 0 Å². The number of rotatable bonds is 35. The van der Waals surface area contributed by atoms with Gasteiger partial charge in [-0.25, -0.2) is 0 Å². The van der Waals surface area contributed by atoms with Crippen LogP contribution in [0.3, 0.4) is 0 Å². The van der Waals surface area contributed by atoms with Gasteiger partial charge in [0.1, 0.15) is 0 Å². The van der Waals surface area contributed by atoms with Gasteiger partial charge in [-0.15, -0.1) is 0 Å². The molecule has 0 aliphatic rings. The van der Waals surface area contributed by atoms with Crippen LogP contribution < -0.4 is 0 Å². The van der Waals surface area contributed by atoms with Gasteiger partial charge >= 0.3 is 0 Å². The minimum absolute atomic E-state index is 0.783. The Labute approximate surface area is 308 Å². The fourth-order valence-corrected chi connectivity index (χ4v) is 6.01. The second-order valence-corrected chi connectivity index (χ2v) is 16.2. The van der Waals surface area contributed by atoms with E-state index < -0.39 is 0 Å². The number of likely N-dealkylation sites (N-methyl/N-ethyl adjacent to an activating group) is 5. The average Bonchev–Trinajstić information content (AvgIpc) is 3.04. The second-order valence-electron chi connectivity index (χ2n) is 16.2. The molecule has 0 aliphatic carbocycles. The number of hydrogen-bond acceptors (Lipinski definition) is 10. The van der Waals surface area contributed by atoms with Crippen molar-refractivity contribution in [3.8, 4) is 0 Å². The third kappa shape index (κ3) is 30.9. The van der Waals surface area contributed by atoms with E-state index in [2.05, 4.69) is 140 Å². The summed E-state index contributed by atoms with van der Waals surface area (Å²) in [4.78, 5) is 25.2. The highest BCUT2D eigenvalue weighted by Gasteiger charge is 2.16. The summed E-state index contributed by atoms with van der Waals surface area (Å²) in [6, 6.07) is 0. The van der Waals surface area contributed by atoms with Crippen LogP contribution in [0.5, 0.6) is 0 Å². The first-order chi connectivity index (χ1) is 23.2. The summed E-state index contributed by atoms with van der Waals surface area (Å²) >= 11 is 0. The summed E-state index contributed by atoms with van der Waals surface area (Å²) < 4.78 is 0. The fourth-order valence-electron chi connectivity index (χ4n) is 6.01. The predicted octanol–water partition coefficient (Wildman–Crippen LogP) is 2.93. The Morgan fingerprint density at radius 2 is 0.592 bits per heavy atom. The fraction of sp³-hybridized carbons (Fsp3) is 1.00. The largest absolute Gasteiger partial charge is 0.309 e. The van der Waals surface area contributed by atoms with Crippen LogP contribution in [0.2, 0.25) is 0 Å². The summed E-state index contributed by atoms with van der Waals surface area (Å²) in [6.07, 6.45) is 7.69. The average molecular weight is 699 g/mol. The molecule has 0 atom stereocenters. The molecular formula is C39H90N10. The van der Waals surface area contributed by atoms with Crippen LogP contribution in [-0.4, -0.2) is 251 Å². The third-order valence-electron chi connectivity index (χ3n) is 9.97.